The van der Waals surface area contributed by atoms with Gasteiger partial charge in [-0.05, 0) is 25.1 Å². The number of thiazole rings is 1. The molecule has 0 aliphatic rings. The molecule has 2 aromatic heterocycles. The Kier molecular flexibility index (Phi) is 4.84. The molecule has 0 saturated carbocycles. The quantitative estimate of drug-likeness (QED) is 0.698. The second kappa shape index (κ2) is 6.93. The van der Waals surface area contributed by atoms with E-state index < -0.39 is 17.6 Å². The molecule has 136 valence electrons. The van der Waals surface area contributed by atoms with Crippen molar-refractivity contribution in [1.82, 2.24) is 4.98 Å². The van der Waals surface area contributed by atoms with Gasteiger partial charge in [-0.1, -0.05) is 12.1 Å². The molecule has 0 spiro atoms. The maximum Gasteiger partial charge on any atom is 0.416 e. The fourth-order valence-electron chi connectivity index (χ4n) is 2.30. The average molecular weight is 382 g/mol. The van der Waals surface area contributed by atoms with Crippen molar-refractivity contribution in [3.63, 3.8) is 0 Å². The summed E-state index contributed by atoms with van der Waals surface area (Å²) in [4.78, 5) is 16.4. The van der Waals surface area contributed by atoms with Crippen LogP contribution in [0.4, 0.5) is 18.3 Å². The number of carbonyl (C=O) groups excluding carboxylic acids is 1. The smallest absolute Gasteiger partial charge is 0.416 e. The maximum atomic E-state index is 12.9. The number of anilines is 1. The number of halogens is 3. The van der Waals surface area contributed by atoms with Gasteiger partial charge in [0.25, 0.3) is 5.91 Å². The first-order valence-corrected chi connectivity index (χ1v) is 8.30. The standard InChI is InChI=1S/C17H13F3N2O3S/c1-9-13(15(24)22-16-21-12(7-23)8-26-16)6-14(25-9)10-3-2-4-11(5-10)17(18,19)20/h2-6,8,23H,7H2,1H3,(H,21,22,24). The van der Waals surface area contributed by atoms with Gasteiger partial charge in [0.1, 0.15) is 11.5 Å². The van der Waals surface area contributed by atoms with E-state index in [9.17, 15) is 18.0 Å². The third-order valence-corrected chi connectivity index (χ3v) is 4.38. The molecule has 9 heteroatoms. The van der Waals surface area contributed by atoms with Crippen molar-refractivity contribution in [1.29, 1.82) is 0 Å². The van der Waals surface area contributed by atoms with Crippen molar-refractivity contribution < 1.29 is 27.5 Å². The number of aryl methyl sites for hydroxylation is 1. The number of alkyl halides is 3. The molecule has 0 aliphatic carbocycles. The Hall–Kier alpha value is -2.65. The third-order valence-electron chi connectivity index (χ3n) is 3.57. The fraction of sp³-hybridized carbons (Fsp3) is 0.176. The zero-order valence-electron chi connectivity index (χ0n) is 13.4. The molecule has 1 amide bonds. The summed E-state index contributed by atoms with van der Waals surface area (Å²) >= 11 is 1.15. The predicted molar refractivity (Wildman–Crippen MR) is 89.9 cm³/mol. The second-order valence-electron chi connectivity index (χ2n) is 5.42. The number of amides is 1. The first kappa shape index (κ1) is 18.2. The molecule has 2 N–H and O–H groups in total. The predicted octanol–water partition coefficient (Wildman–Crippen LogP) is 4.47. The van der Waals surface area contributed by atoms with Gasteiger partial charge in [-0.25, -0.2) is 4.98 Å². The van der Waals surface area contributed by atoms with Crippen LogP contribution in [0.5, 0.6) is 0 Å². The highest BCUT2D eigenvalue weighted by molar-refractivity contribution is 7.13. The van der Waals surface area contributed by atoms with Crippen molar-refractivity contribution in [3.8, 4) is 11.3 Å². The lowest BCUT2D eigenvalue weighted by Gasteiger charge is -2.07. The third kappa shape index (κ3) is 3.78. The summed E-state index contributed by atoms with van der Waals surface area (Å²) in [6.07, 6.45) is -4.47. The zero-order chi connectivity index (χ0) is 18.9. The lowest BCUT2D eigenvalue weighted by molar-refractivity contribution is -0.137. The number of hydrogen-bond acceptors (Lipinski definition) is 5. The Morgan fingerprint density at radius 2 is 2.12 bits per heavy atom. The number of benzene rings is 1. The van der Waals surface area contributed by atoms with Crippen LogP contribution in [0, 0.1) is 6.92 Å². The number of aliphatic hydroxyl groups is 1. The van der Waals surface area contributed by atoms with E-state index in [1.54, 1.807) is 12.3 Å². The molecule has 26 heavy (non-hydrogen) atoms. The van der Waals surface area contributed by atoms with E-state index in [1.165, 1.54) is 18.2 Å². The normalized spacial score (nSPS) is 11.6. The minimum Gasteiger partial charge on any atom is -0.461 e. The van der Waals surface area contributed by atoms with Gasteiger partial charge in [-0.15, -0.1) is 11.3 Å². The van der Waals surface area contributed by atoms with Crippen molar-refractivity contribution >= 4 is 22.4 Å². The van der Waals surface area contributed by atoms with Crippen LogP contribution in [0.3, 0.4) is 0 Å². The number of carbonyl (C=O) groups is 1. The Labute approximate surface area is 150 Å². The summed E-state index contributed by atoms with van der Waals surface area (Å²) in [5, 5.41) is 13.5. The number of furan rings is 1. The fourth-order valence-corrected chi connectivity index (χ4v) is 3.00. The van der Waals surface area contributed by atoms with Gasteiger partial charge < -0.3 is 9.52 Å². The summed E-state index contributed by atoms with van der Waals surface area (Å²) < 4.78 is 44.0. The molecule has 0 radical (unpaired) electrons. The molecule has 0 bridgehead atoms. The molecule has 2 heterocycles. The summed E-state index contributed by atoms with van der Waals surface area (Å²) in [5.74, 6) is -0.0638. The highest BCUT2D eigenvalue weighted by Crippen LogP contribution is 2.33. The topological polar surface area (TPSA) is 75.4 Å². The molecule has 1 aromatic carbocycles. The first-order chi connectivity index (χ1) is 12.3. The van der Waals surface area contributed by atoms with E-state index in [4.69, 9.17) is 9.52 Å². The number of rotatable bonds is 4. The first-order valence-electron chi connectivity index (χ1n) is 7.42. The highest BCUT2D eigenvalue weighted by Gasteiger charge is 2.30. The molecule has 0 atom stereocenters. The van der Waals surface area contributed by atoms with Crippen molar-refractivity contribution in [2.75, 3.05) is 5.32 Å². The summed E-state index contributed by atoms with van der Waals surface area (Å²) in [6, 6.07) is 6.08. The Balaban J connectivity index is 1.86. The van der Waals surface area contributed by atoms with Crippen LogP contribution in [-0.2, 0) is 12.8 Å². The molecule has 0 unspecified atom stereocenters. The van der Waals surface area contributed by atoms with Crippen LogP contribution in [0.25, 0.3) is 11.3 Å². The van der Waals surface area contributed by atoms with Crippen LogP contribution in [-0.4, -0.2) is 16.0 Å². The SMILES string of the molecule is Cc1oc(-c2cccc(C(F)(F)F)c2)cc1C(=O)Nc1nc(CO)cs1. The van der Waals surface area contributed by atoms with Crippen LogP contribution in [0.1, 0.15) is 27.4 Å². The number of aromatic nitrogens is 1. The van der Waals surface area contributed by atoms with E-state index in [2.05, 4.69) is 10.3 Å². The van der Waals surface area contributed by atoms with Gasteiger partial charge in [-0.2, -0.15) is 13.2 Å². The van der Waals surface area contributed by atoms with E-state index in [1.807, 2.05) is 0 Å². The lowest BCUT2D eigenvalue weighted by Crippen LogP contribution is -2.11. The van der Waals surface area contributed by atoms with Crippen LogP contribution in [0.15, 0.2) is 40.1 Å². The highest BCUT2D eigenvalue weighted by atomic mass is 32.1. The van der Waals surface area contributed by atoms with Crippen LogP contribution >= 0.6 is 11.3 Å². The summed E-state index contributed by atoms with van der Waals surface area (Å²) in [6.45, 7) is 1.31. The molecule has 3 rings (SSSR count). The Bertz CT molecular complexity index is 947. The van der Waals surface area contributed by atoms with Gasteiger partial charge in [0.05, 0.1) is 23.4 Å². The average Bonchev–Trinajstić information content (AvgIpc) is 3.20. The van der Waals surface area contributed by atoms with Crippen molar-refractivity contribution in [2.24, 2.45) is 0 Å². The van der Waals surface area contributed by atoms with Gasteiger partial charge in [-0.3, -0.25) is 10.1 Å². The number of hydrogen-bond donors (Lipinski definition) is 2. The van der Waals surface area contributed by atoms with Gasteiger partial charge in [0.2, 0.25) is 0 Å². The van der Waals surface area contributed by atoms with Crippen molar-refractivity contribution in [2.45, 2.75) is 19.7 Å². The minimum absolute atomic E-state index is 0.161. The monoisotopic (exact) mass is 382 g/mol. The number of nitrogens with one attached hydrogen (secondary N) is 1. The van der Waals surface area contributed by atoms with E-state index in [0.717, 1.165) is 23.5 Å². The Morgan fingerprint density at radius 1 is 1.35 bits per heavy atom. The molecular weight excluding hydrogens is 369 g/mol. The number of aliphatic hydroxyl groups excluding tert-OH is 1. The van der Waals surface area contributed by atoms with Gasteiger partial charge in [0, 0.05) is 10.9 Å². The molecular formula is C17H13F3N2O3S. The van der Waals surface area contributed by atoms with E-state index in [0.29, 0.717) is 10.8 Å². The van der Waals surface area contributed by atoms with Crippen LogP contribution < -0.4 is 5.32 Å². The molecule has 3 aromatic rings. The molecule has 0 fully saturated rings. The summed E-state index contributed by atoms with van der Waals surface area (Å²) in [7, 11) is 0. The Morgan fingerprint density at radius 3 is 2.77 bits per heavy atom. The van der Waals surface area contributed by atoms with E-state index >= 15 is 0 Å². The molecule has 5 nitrogen and oxygen atoms in total. The zero-order valence-corrected chi connectivity index (χ0v) is 14.2. The minimum atomic E-state index is -4.47. The van der Waals surface area contributed by atoms with Gasteiger partial charge in [0.15, 0.2) is 5.13 Å². The number of nitrogens with zero attached hydrogens (tertiary/aromatic N) is 1. The van der Waals surface area contributed by atoms with Crippen LogP contribution in [0.2, 0.25) is 0 Å². The van der Waals surface area contributed by atoms with Crippen molar-refractivity contribution in [3.05, 3.63) is 58.3 Å². The second-order valence-corrected chi connectivity index (χ2v) is 6.27. The lowest BCUT2D eigenvalue weighted by atomic mass is 10.1. The summed E-state index contributed by atoms with van der Waals surface area (Å²) in [5.41, 5.74) is 0.0465. The molecule has 0 aliphatic heterocycles. The van der Waals surface area contributed by atoms with Gasteiger partial charge >= 0.3 is 6.18 Å². The molecule has 0 saturated heterocycles. The van der Waals surface area contributed by atoms with E-state index in [-0.39, 0.29) is 29.3 Å². The largest absolute Gasteiger partial charge is 0.461 e. The maximum absolute atomic E-state index is 12.9.